The fraction of sp³-hybridized carbons (Fsp3) is 0.730. The van der Waals surface area contributed by atoms with E-state index >= 15 is 0 Å². The molecule has 1 aromatic heterocycles. The number of hydrogen-bond donors (Lipinski definition) is 0. The van der Waals surface area contributed by atoms with Gasteiger partial charge in [-0.25, -0.2) is 4.79 Å². The molecule has 0 aromatic carbocycles. The van der Waals surface area contributed by atoms with Crippen LogP contribution in [0.2, 0.25) is 0 Å². The summed E-state index contributed by atoms with van der Waals surface area (Å²) in [6, 6.07) is 2.04. The molecule has 8 heteroatoms. The molecule has 246 valence electrons. The zero-order valence-corrected chi connectivity index (χ0v) is 28.4. The van der Waals surface area contributed by atoms with Gasteiger partial charge in [0, 0.05) is 35.7 Å². The second kappa shape index (κ2) is 13.7. The van der Waals surface area contributed by atoms with Gasteiger partial charge < -0.3 is 9.64 Å². The number of rotatable bonds is 6. The molecule has 4 aliphatic carbocycles. The van der Waals surface area contributed by atoms with Gasteiger partial charge in [-0.15, -0.1) is 11.3 Å². The van der Waals surface area contributed by atoms with Gasteiger partial charge in [0.2, 0.25) is 17.7 Å². The number of hydrogen-bond acceptors (Lipinski definition) is 6. The second-order valence-corrected chi connectivity index (χ2v) is 16.2. The van der Waals surface area contributed by atoms with Crippen LogP contribution in [0.1, 0.15) is 138 Å². The van der Waals surface area contributed by atoms with Crippen LogP contribution in [-0.2, 0) is 19.1 Å². The van der Waals surface area contributed by atoms with E-state index in [1.54, 1.807) is 4.90 Å². The summed E-state index contributed by atoms with van der Waals surface area (Å²) in [5.74, 6) is 1.01. The number of nitrogens with zero attached hydrogens (tertiary/aromatic N) is 2. The van der Waals surface area contributed by atoms with Gasteiger partial charge in [0.25, 0.3) is 0 Å². The first-order valence-corrected chi connectivity index (χ1v) is 18.6. The maximum Gasteiger partial charge on any atom is 0.350 e. The molecule has 3 saturated carbocycles. The third-order valence-electron chi connectivity index (χ3n) is 11.9. The highest BCUT2D eigenvalue weighted by Crippen LogP contribution is 2.49. The van der Waals surface area contributed by atoms with Crippen molar-refractivity contribution in [2.24, 2.45) is 29.1 Å². The van der Waals surface area contributed by atoms with Gasteiger partial charge in [-0.05, 0) is 132 Å². The number of methoxy groups -OCH3 is 1. The zero-order valence-electron chi connectivity index (χ0n) is 27.6. The van der Waals surface area contributed by atoms with Crippen LogP contribution in [-0.4, -0.2) is 48.3 Å². The smallest absolute Gasteiger partial charge is 0.350 e. The quantitative estimate of drug-likeness (QED) is 0.232. The SMILES string of the molecule is COC(=O)c1sc(C2=CCCCC2)cc1N(C(=O)[C@H]1CC[C@H](C)CC1)C1CCC2(CC1)CC(=O)N(C(=O)[C@H]1CC[C@H](C)CC1)C2. The van der Waals surface area contributed by atoms with Crippen molar-refractivity contribution < 1.29 is 23.9 Å². The summed E-state index contributed by atoms with van der Waals surface area (Å²) < 4.78 is 5.27. The second-order valence-electron chi connectivity index (χ2n) is 15.1. The zero-order chi connectivity index (χ0) is 31.7. The number of allylic oxidation sites excluding steroid dienone is 2. The molecule has 2 heterocycles. The van der Waals surface area contributed by atoms with Crippen molar-refractivity contribution in [3.8, 4) is 0 Å². The molecule has 1 spiro atoms. The van der Waals surface area contributed by atoms with Crippen molar-refractivity contribution in [1.29, 1.82) is 0 Å². The Morgan fingerprint density at radius 3 is 2.16 bits per heavy atom. The molecule has 6 rings (SSSR count). The van der Waals surface area contributed by atoms with Crippen LogP contribution in [0.3, 0.4) is 0 Å². The molecule has 4 fully saturated rings. The summed E-state index contributed by atoms with van der Waals surface area (Å²) in [4.78, 5) is 59.6. The van der Waals surface area contributed by atoms with Crippen molar-refractivity contribution in [2.45, 2.75) is 129 Å². The standard InChI is InChI=1S/C37H52N2O5S/c1-24-9-13-27(14-10-24)34(41)38-23-37(22-32(38)40)19-17-29(18-20-37)39(35(42)28-15-11-25(2)12-16-28)30-21-31(26-7-5-4-6-8-26)45-33(30)36(43)44-3/h7,21,24-25,27-29H,4-6,8-20,22-23H2,1-3H3/t24-,25-,27-,28-,29?,37?. The molecule has 0 N–H and O–H groups in total. The lowest BCUT2D eigenvalue weighted by Gasteiger charge is -2.43. The fourth-order valence-corrected chi connectivity index (χ4v) is 9.99. The van der Waals surface area contributed by atoms with Crippen LogP contribution >= 0.6 is 11.3 Å². The minimum atomic E-state index is -0.382. The number of carbonyl (C=O) groups excluding carboxylic acids is 4. The molecule has 0 atom stereocenters. The molecule has 45 heavy (non-hydrogen) atoms. The summed E-state index contributed by atoms with van der Waals surface area (Å²) >= 11 is 1.47. The first-order chi connectivity index (χ1) is 21.7. The van der Waals surface area contributed by atoms with Crippen molar-refractivity contribution in [2.75, 3.05) is 18.6 Å². The summed E-state index contributed by atoms with van der Waals surface area (Å²) in [6.45, 7) is 5.03. The normalized spacial score (nSPS) is 32.3. The average Bonchev–Trinajstić information content (AvgIpc) is 3.64. The van der Waals surface area contributed by atoms with E-state index in [1.807, 2.05) is 4.90 Å². The molecule has 1 aromatic rings. The largest absolute Gasteiger partial charge is 0.465 e. The minimum Gasteiger partial charge on any atom is -0.465 e. The lowest BCUT2D eigenvalue weighted by Crippen LogP contribution is -2.48. The maximum atomic E-state index is 14.5. The Hall–Kier alpha value is -2.48. The molecule has 5 aliphatic rings. The summed E-state index contributed by atoms with van der Waals surface area (Å²) in [6.07, 6.45) is 18.0. The van der Waals surface area contributed by atoms with E-state index in [4.69, 9.17) is 4.74 Å². The number of imide groups is 1. The molecule has 1 aliphatic heterocycles. The van der Waals surface area contributed by atoms with Gasteiger partial charge in [0.05, 0.1) is 12.8 Å². The highest BCUT2D eigenvalue weighted by Gasteiger charge is 2.50. The predicted octanol–water partition coefficient (Wildman–Crippen LogP) is 8.17. The third-order valence-corrected chi connectivity index (χ3v) is 13.1. The highest BCUT2D eigenvalue weighted by atomic mass is 32.1. The number of esters is 1. The molecule has 7 nitrogen and oxygen atoms in total. The Kier molecular flexibility index (Phi) is 9.89. The van der Waals surface area contributed by atoms with Gasteiger partial charge in [-0.3, -0.25) is 19.3 Å². The van der Waals surface area contributed by atoms with E-state index in [-0.39, 0.29) is 47.0 Å². The monoisotopic (exact) mass is 636 g/mol. The van der Waals surface area contributed by atoms with E-state index in [2.05, 4.69) is 26.0 Å². The molecular weight excluding hydrogens is 584 g/mol. The Bertz CT molecular complexity index is 1310. The van der Waals surface area contributed by atoms with E-state index in [0.29, 0.717) is 35.4 Å². The highest BCUT2D eigenvalue weighted by molar-refractivity contribution is 7.15. The molecule has 0 bridgehead atoms. The van der Waals surface area contributed by atoms with Crippen LogP contribution < -0.4 is 4.90 Å². The Morgan fingerprint density at radius 2 is 1.56 bits per heavy atom. The summed E-state index contributed by atoms with van der Waals surface area (Å²) in [5.41, 5.74) is 1.77. The van der Waals surface area contributed by atoms with Crippen LogP contribution in [0.25, 0.3) is 5.57 Å². The third kappa shape index (κ3) is 6.82. The lowest BCUT2D eigenvalue weighted by molar-refractivity contribution is -0.145. The number of thiophene rings is 1. The van der Waals surface area contributed by atoms with Crippen molar-refractivity contribution in [1.82, 2.24) is 4.90 Å². The first-order valence-electron chi connectivity index (χ1n) is 17.8. The first kappa shape index (κ1) is 32.5. The van der Waals surface area contributed by atoms with Gasteiger partial charge in [0.1, 0.15) is 4.88 Å². The van der Waals surface area contributed by atoms with Crippen LogP contribution in [0.5, 0.6) is 0 Å². The van der Waals surface area contributed by atoms with Crippen molar-refractivity contribution >= 4 is 46.3 Å². The topological polar surface area (TPSA) is 84.0 Å². The Labute approximate surface area is 273 Å². The molecule has 0 radical (unpaired) electrons. The fourth-order valence-electron chi connectivity index (χ4n) is 8.85. The number of amides is 3. The number of anilines is 1. The van der Waals surface area contributed by atoms with Crippen molar-refractivity contribution in [3.05, 3.63) is 21.9 Å². The molecule has 3 amide bonds. The van der Waals surface area contributed by atoms with Gasteiger partial charge in [-0.2, -0.15) is 0 Å². The van der Waals surface area contributed by atoms with Gasteiger partial charge in [-0.1, -0.05) is 19.9 Å². The minimum absolute atomic E-state index is 0.0162. The summed E-state index contributed by atoms with van der Waals surface area (Å²) in [7, 11) is 1.42. The van der Waals surface area contributed by atoms with Crippen LogP contribution in [0.4, 0.5) is 5.69 Å². The van der Waals surface area contributed by atoms with E-state index in [0.717, 1.165) is 101 Å². The molecule has 0 unspecified atom stereocenters. The lowest BCUT2D eigenvalue weighted by atomic mass is 9.71. The Balaban J connectivity index is 1.24. The maximum absolute atomic E-state index is 14.5. The van der Waals surface area contributed by atoms with Crippen LogP contribution in [0, 0.1) is 29.1 Å². The van der Waals surface area contributed by atoms with E-state index in [9.17, 15) is 19.2 Å². The van der Waals surface area contributed by atoms with Gasteiger partial charge >= 0.3 is 5.97 Å². The summed E-state index contributed by atoms with van der Waals surface area (Å²) in [5, 5.41) is 0. The number of likely N-dealkylation sites (tertiary alicyclic amines) is 1. The van der Waals surface area contributed by atoms with Crippen molar-refractivity contribution in [3.63, 3.8) is 0 Å². The predicted molar refractivity (Wildman–Crippen MR) is 178 cm³/mol. The number of ether oxygens (including phenoxy) is 1. The van der Waals surface area contributed by atoms with E-state index < -0.39 is 0 Å². The van der Waals surface area contributed by atoms with Gasteiger partial charge in [0.15, 0.2) is 0 Å². The van der Waals surface area contributed by atoms with E-state index in [1.165, 1.54) is 30.4 Å². The molecular formula is C37H52N2O5S. The Morgan fingerprint density at radius 1 is 0.911 bits per heavy atom. The molecule has 1 saturated heterocycles. The average molecular weight is 637 g/mol. The number of carbonyl (C=O) groups is 4. The van der Waals surface area contributed by atoms with Crippen LogP contribution in [0.15, 0.2) is 12.1 Å².